The summed E-state index contributed by atoms with van der Waals surface area (Å²) in [6, 6.07) is 7.02. The molecule has 0 saturated heterocycles. The average molecular weight is 240 g/mol. The number of benzene rings is 1. The van der Waals surface area contributed by atoms with Crippen molar-refractivity contribution in [2.75, 3.05) is 13.7 Å². The van der Waals surface area contributed by atoms with Crippen molar-refractivity contribution >= 4 is 11.6 Å². The number of halogens is 1. The van der Waals surface area contributed by atoms with E-state index in [0.29, 0.717) is 22.9 Å². The average Bonchev–Trinajstić information content (AvgIpc) is 2.29. The minimum absolute atomic E-state index is 0.0328. The zero-order valence-corrected chi connectivity index (χ0v) is 10.1. The molecule has 1 aromatic carbocycles. The molecular formula is C12H14ClNO2. The Kier molecular flexibility index (Phi) is 5.10. The van der Waals surface area contributed by atoms with Gasteiger partial charge in [0.1, 0.15) is 5.75 Å². The fraction of sp³-hybridized carbons (Fsp3) is 0.417. The molecule has 0 aromatic heterocycles. The van der Waals surface area contributed by atoms with E-state index >= 15 is 0 Å². The monoisotopic (exact) mass is 239 g/mol. The van der Waals surface area contributed by atoms with Crippen LogP contribution >= 0.6 is 11.6 Å². The minimum atomic E-state index is 0.0328. The predicted molar refractivity (Wildman–Crippen MR) is 62.8 cm³/mol. The van der Waals surface area contributed by atoms with Crippen molar-refractivity contribution in [1.29, 1.82) is 5.26 Å². The van der Waals surface area contributed by atoms with Crippen molar-refractivity contribution in [3.63, 3.8) is 0 Å². The first-order chi connectivity index (χ1) is 7.67. The molecule has 0 aliphatic rings. The topological polar surface area (TPSA) is 42.2 Å². The maximum absolute atomic E-state index is 8.68. The van der Waals surface area contributed by atoms with E-state index in [0.717, 1.165) is 6.42 Å². The molecule has 0 bridgehead atoms. The summed E-state index contributed by atoms with van der Waals surface area (Å²) in [6.45, 7) is 2.60. The Hall–Kier alpha value is -1.24. The number of rotatable bonds is 5. The first kappa shape index (κ1) is 12.8. The van der Waals surface area contributed by atoms with Crippen molar-refractivity contribution in [3.8, 4) is 11.8 Å². The maximum Gasteiger partial charge on any atom is 0.138 e. The van der Waals surface area contributed by atoms with E-state index in [2.05, 4.69) is 0 Å². The molecule has 3 nitrogen and oxygen atoms in total. The predicted octanol–water partition coefficient (Wildman–Crippen LogP) is 3.02. The molecule has 0 aliphatic heterocycles. The lowest BCUT2D eigenvalue weighted by Crippen LogP contribution is -2.14. The lowest BCUT2D eigenvalue weighted by Gasteiger charge is -2.15. The fourth-order valence-electron chi connectivity index (χ4n) is 1.23. The van der Waals surface area contributed by atoms with E-state index in [4.69, 9.17) is 26.3 Å². The third kappa shape index (κ3) is 3.73. The molecule has 4 heteroatoms. The summed E-state index contributed by atoms with van der Waals surface area (Å²) in [4.78, 5) is 0. The Morgan fingerprint density at radius 3 is 2.81 bits per heavy atom. The van der Waals surface area contributed by atoms with E-state index in [1.807, 2.05) is 13.0 Å². The van der Waals surface area contributed by atoms with Gasteiger partial charge < -0.3 is 9.47 Å². The molecule has 0 amide bonds. The van der Waals surface area contributed by atoms with Crippen LogP contribution in [0.25, 0.3) is 0 Å². The van der Waals surface area contributed by atoms with Crippen LogP contribution in [-0.2, 0) is 4.74 Å². The molecule has 16 heavy (non-hydrogen) atoms. The molecule has 0 aliphatic carbocycles. The maximum atomic E-state index is 8.68. The van der Waals surface area contributed by atoms with Gasteiger partial charge in [-0.2, -0.15) is 5.26 Å². The summed E-state index contributed by atoms with van der Waals surface area (Å²) in [6.07, 6.45) is 0.831. The summed E-state index contributed by atoms with van der Waals surface area (Å²) in [7, 11) is 1.65. The zero-order valence-electron chi connectivity index (χ0n) is 9.37. The minimum Gasteiger partial charge on any atom is -0.489 e. The second-order valence-corrected chi connectivity index (χ2v) is 3.87. The first-order valence-corrected chi connectivity index (χ1v) is 5.40. The van der Waals surface area contributed by atoms with Gasteiger partial charge in [-0.05, 0) is 25.1 Å². The summed E-state index contributed by atoms with van der Waals surface area (Å²) in [5.41, 5.74) is 0.530. The number of hydrogen-bond acceptors (Lipinski definition) is 3. The molecule has 0 spiro atoms. The number of nitrogens with zero attached hydrogens (tertiary/aromatic N) is 1. The zero-order chi connectivity index (χ0) is 12.0. The number of methoxy groups -OCH3 is 1. The third-order valence-electron chi connectivity index (χ3n) is 2.12. The molecule has 1 unspecified atom stereocenters. The quantitative estimate of drug-likeness (QED) is 0.793. The summed E-state index contributed by atoms with van der Waals surface area (Å²) >= 11 is 5.98. The second-order valence-electron chi connectivity index (χ2n) is 3.47. The number of hydrogen-bond donors (Lipinski definition) is 0. The van der Waals surface area contributed by atoms with Crippen LogP contribution < -0.4 is 4.74 Å². The van der Waals surface area contributed by atoms with Gasteiger partial charge in [-0.15, -0.1) is 0 Å². The summed E-state index contributed by atoms with van der Waals surface area (Å²) < 4.78 is 10.6. The summed E-state index contributed by atoms with van der Waals surface area (Å²) in [5, 5.41) is 9.15. The molecule has 0 saturated carbocycles. The largest absolute Gasteiger partial charge is 0.489 e. The second kappa shape index (κ2) is 6.37. The number of nitriles is 1. The van der Waals surface area contributed by atoms with Crippen LogP contribution in [0.3, 0.4) is 0 Å². The Morgan fingerprint density at radius 2 is 2.25 bits per heavy atom. The molecule has 1 rings (SSSR count). The van der Waals surface area contributed by atoms with Crippen LogP contribution in [0.15, 0.2) is 18.2 Å². The molecule has 1 atom stereocenters. The van der Waals surface area contributed by atoms with Crippen LogP contribution in [0.5, 0.6) is 5.75 Å². The molecule has 1 aromatic rings. The van der Waals surface area contributed by atoms with Crippen LogP contribution in [0.4, 0.5) is 0 Å². The lowest BCUT2D eigenvalue weighted by atomic mass is 10.2. The smallest absolute Gasteiger partial charge is 0.138 e. The normalized spacial score (nSPS) is 11.9. The van der Waals surface area contributed by atoms with Crippen LogP contribution in [-0.4, -0.2) is 19.8 Å². The van der Waals surface area contributed by atoms with E-state index < -0.39 is 0 Å². The highest BCUT2D eigenvalue weighted by Gasteiger charge is 2.07. The highest BCUT2D eigenvalue weighted by molar-refractivity contribution is 6.32. The standard InChI is InChI=1S/C12H14ClNO2/c1-9(5-6-15-2)16-12-4-3-10(8-14)7-11(12)13/h3-4,7,9H,5-6H2,1-2H3. The molecular weight excluding hydrogens is 226 g/mol. The van der Waals surface area contributed by atoms with Gasteiger partial charge in [0, 0.05) is 20.1 Å². The Morgan fingerprint density at radius 1 is 1.50 bits per heavy atom. The molecule has 86 valence electrons. The van der Waals surface area contributed by atoms with E-state index in [-0.39, 0.29) is 6.10 Å². The lowest BCUT2D eigenvalue weighted by molar-refractivity contribution is 0.135. The molecule has 0 heterocycles. The van der Waals surface area contributed by atoms with Gasteiger partial charge >= 0.3 is 0 Å². The Balaban J connectivity index is 2.64. The van der Waals surface area contributed by atoms with Gasteiger partial charge in [0.2, 0.25) is 0 Å². The van der Waals surface area contributed by atoms with Crippen molar-refractivity contribution in [1.82, 2.24) is 0 Å². The molecule has 0 radical (unpaired) electrons. The molecule has 0 N–H and O–H groups in total. The first-order valence-electron chi connectivity index (χ1n) is 5.02. The van der Waals surface area contributed by atoms with Crippen molar-refractivity contribution in [3.05, 3.63) is 28.8 Å². The highest BCUT2D eigenvalue weighted by Crippen LogP contribution is 2.26. The number of ether oxygens (including phenoxy) is 2. The van der Waals surface area contributed by atoms with Crippen LogP contribution in [0.1, 0.15) is 18.9 Å². The van der Waals surface area contributed by atoms with Gasteiger partial charge in [0.15, 0.2) is 0 Å². The Bertz CT molecular complexity index is 387. The van der Waals surface area contributed by atoms with Crippen LogP contribution in [0.2, 0.25) is 5.02 Å². The van der Waals surface area contributed by atoms with Gasteiger partial charge in [0.05, 0.1) is 22.8 Å². The van der Waals surface area contributed by atoms with Gasteiger partial charge in [-0.3, -0.25) is 0 Å². The van der Waals surface area contributed by atoms with Gasteiger partial charge in [-0.1, -0.05) is 11.6 Å². The third-order valence-corrected chi connectivity index (χ3v) is 2.41. The van der Waals surface area contributed by atoms with Gasteiger partial charge in [0.25, 0.3) is 0 Å². The van der Waals surface area contributed by atoms with E-state index in [9.17, 15) is 0 Å². The van der Waals surface area contributed by atoms with Gasteiger partial charge in [-0.25, -0.2) is 0 Å². The SMILES string of the molecule is COCCC(C)Oc1ccc(C#N)cc1Cl. The highest BCUT2D eigenvalue weighted by atomic mass is 35.5. The molecule has 0 fully saturated rings. The summed E-state index contributed by atoms with van der Waals surface area (Å²) in [5.74, 6) is 0.601. The van der Waals surface area contributed by atoms with Crippen molar-refractivity contribution in [2.45, 2.75) is 19.4 Å². The van der Waals surface area contributed by atoms with Crippen molar-refractivity contribution < 1.29 is 9.47 Å². The van der Waals surface area contributed by atoms with E-state index in [1.165, 1.54) is 0 Å². The van der Waals surface area contributed by atoms with Crippen LogP contribution in [0, 0.1) is 11.3 Å². The van der Waals surface area contributed by atoms with E-state index in [1.54, 1.807) is 25.3 Å². The Labute approximate surface area is 101 Å². The van der Waals surface area contributed by atoms with Crippen molar-refractivity contribution in [2.24, 2.45) is 0 Å². The fourth-order valence-corrected chi connectivity index (χ4v) is 1.45.